The average molecular weight is 313 g/mol. The van der Waals surface area contributed by atoms with E-state index in [1.165, 1.54) is 13.2 Å². The minimum atomic E-state index is -1.15. The minimum Gasteiger partial charge on any atom is -0.495 e. The van der Waals surface area contributed by atoms with Crippen molar-refractivity contribution in [3.8, 4) is 5.75 Å². The van der Waals surface area contributed by atoms with Crippen molar-refractivity contribution >= 4 is 28.9 Å². The quantitative estimate of drug-likeness (QED) is 0.853. The van der Waals surface area contributed by atoms with Crippen molar-refractivity contribution in [1.29, 1.82) is 0 Å². The third kappa shape index (κ3) is 3.22. The zero-order valence-corrected chi connectivity index (χ0v) is 11.7. The molecular formula is C14H11ClF2N2O2. The molecule has 0 unspecified atom stereocenters. The van der Waals surface area contributed by atoms with Crippen LogP contribution in [0.1, 0.15) is 10.4 Å². The molecule has 0 atom stereocenters. The van der Waals surface area contributed by atoms with Crippen LogP contribution < -0.4 is 15.8 Å². The highest BCUT2D eigenvalue weighted by molar-refractivity contribution is 6.32. The van der Waals surface area contributed by atoms with Gasteiger partial charge >= 0.3 is 0 Å². The first-order chi connectivity index (χ1) is 9.92. The van der Waals surface area contributed by atoms with Gasteiger partial charge in [0.05, 0.1) is 17.7 Å². The van der Waals surface area contributed by atoms with Gasteiger partial charge in [0.1, 0.15) is 5.75 Å². The number of carbonyl (C=O) groups is 1. The smallest absolute Gasteiger partial charge is 0.257 e. The van der Waals surface area contributed by atoms with Gasteiger partial charge in [-0.15, -0.1) is 0 Å². The molecule has 2 aromatic carbocycles. The van der Waals surface area contributed by atoms with Gasteiger partial charge in [-0.25, -0.2) is 8.78 Å². The third-order valence-corrected chi connectivity index (χ3v) is 3.04. The van der Waals surface area contributed by atoms with Gasteiger partial charge in [0.25, 0.3) is 5.91 Å². The number of hydrogen-bond acceptors (Lipinski definition) is 3. The van der Waals surface area contributed by atoms with Crippen LogP contribution in [0.3, 0.4) is 0 Å². The maximum absolute atomic E-state index is 13.2. The van der Waals surface area contributed by atoms with Gasteiger partial charge in [-0.1, -0.05) is 11.6 Å². The fourth-order valence-electron chi connectivity index (χ4n) is 1.70. The number of nitrogens with one attached hydrogen (secondary N) is 1. The number of carbonyl (C=O) groups excluding carboxylic acids is 1. The Kier molecular flexibility index (Phi) is 4.28. The Hall–Kier alpha value is -2.34. The number of methoxy groups -OCH3 is 1. The van der Waals surface area contributed by atoms with Crippen LogP contribution in [-0.4, -0.2) is 13.0 Å². The van der Waals surface area contributed by atoms with Crippen molar-refractivity contribution in [3.63, 3.8) is 0 Å². The molecule has 0 bridgehead atoms. The molecule has 0 aliphatic heterocycles. The number of benzene rings is 2. The van der Waals surface area contributed by atoms with E-state index in [0.717, 1.165) is 12.1 Å². The molecule has 0 aliphatic carbocycles. The largest absolute Gasteiger partial charge is 0.495 e. The van der Waals surface area contributed by atoms with E-state index in [1.807, 2.05) is 0 Å². The Balaban J connectivity index is 2.26. The topological polar surface area (TPSA) is 64.3 Å². The highest BCUT2D eigenvalue weighted by Gasteiger charge is 2.15. The molecule has 0 spiro atoms. The van der Waals surface area contributed by atoms with Crippen molar-refractivity contribution in [2.75, 3.05) is 18.2 Å². The first-order valence-electron chi connectivity index (χ1n) is 5.81. The molecule has 0 heterocycles. The standard InChI is InChI=1S/C14H11ClF2N2O2/c1-21-13-3-2-7(4-9(13)15)19-14(20)8-5-10(16)11(17)6-12(8)18/h2-6H,18H2,1H3,(H,19,20). The maximum atomic E-state index is 13.2. The van der Waals surface area contributed by atoms with Gasteiger partial charge < -0.3 is 15.8 Å². The number of anilines is 2. The molecule has 2 rings (SSSR count). The monoisotopic (exact) mass is 312 g/mol. The van der Waals surface area contributed by atoms with Gasteiger partial charge in [0.15, 0.2) is 11.6 Å². The van der Waals surface area contributed by atoms with Crippen molar-refractivity contribution in [2.24, 2.45) is 0 Å². The van der Waals surface area contributed by atoms with Gasteiger partial charge in [-0.05, 0) is 24.3 Å². The maximum Gasteiger partial charge on any atom is 0.257 e. The van der Waals surface area contributed by atoms with E-state index in [-0.39, 0.29) is 11.3 Å². The molecule has 110 valence electrons. The molecule has 0 saturated carbocycles. The Morgan fingerprint density at radius 1 is 1.24 bits per heavy atom. The van der Waals surface area contributed by atoms with Crippen LogP contribution in [0, 0.1) is 11.6 Å². The predicted octanol–water partition coefficient (Wildman–Crippen LogP) is 3.46. The summed E-state index contributed by atoms with van der Waals surface area (Å²) in [5.74, 6) is -2.49. The first kappa shape index (κ1) is 15.1. The van der Waals surface area contributed by atoms with Crippen LogP contribution in [0.2, 0.25) is 5.02 Å². The molecule has 4 nitrogen and oxygen atoms in total. The molecule has 3 N–H and O–H groups in total. The SMILES string of the molecule is COc1ccc(NC(=O)c2cc(F)c(F)cc2N)cc1Cl. The van der Waals surface area contributed by atoms with E-state index in [2.05, 4.69) is 5.32 Å². The third-order valence-electron chi connectivity index (χ3n) is 2.75. The molecule has 7 heteroatoms. The highest BCUT2D eigenvalue weighted by atomic mass is 35.5. The van der Waals surface area contributed by atoms with Crippen LogP contribution in [0.25, 0.3) is 0 Å². The fraction of sp³-hybridized carbons (Fsp3) is 0.0714. The van der Waals surface area contributed by atoms with Crippen molar-refractivity contribution < 1.29 is 18.3 Å². The minimum absolute atomic E-state index is 0.161. The van der Waals surface area contributed by atoms with Crippen LogP contribution in [0.4, 0.5) is 20.2 Å². The zero-order valence-electron chi connectivity index (χ0n) is 10.9. The van der Waals surface area contributed by atoms with E-state index < -0.39 is 17.5 Å². The summed E-state index contributed by atoms with van der Waals surface area (Å²) in [7, 11) is 1.46. The second-order valence-electron chi connectivity index (χ2n) is 4.16. The summed E-state index contributed by atoms with van der Waals surface area (Å²) < 4.78 is 31.1. The van der Waals surface area contributed by atoms with Gasteiger partial charge in [-0.2, -0.15) is 0 Å². The number of ether oxygens (including phenoxy) is 1. The molecular weight excluding hydrogens is 302 g/mol. The number of rotatable bonds is 3. The predicted molar refractivity (Wildman–Crippen MR) is 76.7 cm³/mol. The van der Waals surface area contributed by atoms with Crippen molar-refractivity contribution in [1.82, 2.24) is 0 Å². The Bertz CT molecular complexity index is 708. The van der Waals surface area contributed by atoms with E-state index in [4.69, 9.17) is 22.1 Å². The lowest BCUT2D eigenvalue weighted by Crippen LogP contribution is -2.15. The summed E-state index contributed by atoms with van der Waals surface area (Å²) in [6.07, 6.45) is 0. The lowest BCUT2D eigenvalue weighted by atomic mass is 10.1. The lowest BCUT2D eigenvalue weighted by Gasteiger charge is -2.10. The van der Waals surface area contributed by atoms with E-state index >= 15 is 0 Å². The number of nitrogen functional groups attached to an aromatic ring is 1. The van der Waals surface area contributed by atoms with Crippen LogP contribution in [0.15, 0.2) is 30.3 Å². The van der Waals surface area contributed by atoms with Gasteiger partial charge in [0, 0.05) is 17.4 Å². The molecule has 0 radical (unpaired) electrons. The fourth-order valence-corrected chi connectivity index (χ4v) is 1.96. The second-order valence-corrected chi connectivity index (χ2v) is 4.56. The van der Waals surface area contributed by atoms with Crippen LogP contribution >= 0.6 is 11.6 Å². The summed E-state index contributed by atoms with van der Waals surface area (Å²) in [6.45, 7) is 0. The van der Waals surface area contributed by atoms with E-state index in [9.17, 15) is 13.6 Å². The second kappa shape index (κ2) is 5.97. The van der Waals surface area contributed by atoms with E-state index in [0.29, 0.717) is 16.5 Å². The Morgan fingerprint density at radius 3 is 2.52 bits per heavy atom. The molecule has 0 saturated heterocycles. The molecule has 0 aliphatic rings. The van der Waals surface area contributed by atoms with E-state index in [1.54, 1.807) is 12.1 Å². The lowest BCUT2D eigenvalue weighted by molar-refractivity contribution is 0.102. The number of hydrogen-bond donors (Lipinski definition) is 2. The summed E-state index contributed by atoms with van der Waals surface area (Å²) in [5.41, 5.74) is 5.55. The number of nitrogens with two attached hydrogens (primary N) is 1. The highest BCUT2D eigenvalue weighted by Crippen LogP contribution is 2.27. The van der Waals surface area contributed by atoms with Crippen molar-refractivity contribution in [3.05, 3.63) is 52.6 Å². The number of halogens is 3. The van der Waals surface area contributed by atoms with Crippen LogP contribution in [0.5, 0.6) is 5.75 Å². The molecule has 0 fully saturated rings. The molecule has 21 heavy (non-hydrogen) atoms. The number of amides is 1. The average Bonchev–Trinajstić information content (AvgIpc) is 2.43. The molecule has 1 amide bonds. The normalized spacial score (nSPS) is 10.3. The summed E-state index contributed by atoms with van der Waals surface area (Å²) in [4.78, 5) is 12.0. The zero-order chi connectivity index (χ0) is 15.6. The van der Waals surface area contributed by atoms with Gasteiger partial charge in [-0.3, -0.25) is 4.79 Å². The molecule has 2 aromatic rings. The summed E-state index contributed by atoms with van der Waals surface area (Å²) >= 11 is 5.93. The van der Waals surface area contributed by atoms with Crippen molar-refractivity contribution in [2.45, 2.75) is 0 Å². The summed E-state index contributed by atoms with van der Waals surface area (Å²) in [6, 6.07) is 6.08. The Morgan fingerprint density at radius 2 is 1.90 bits per heavy atom. The van der Waals surface area contributed by atoms with Gasteiger partial charge in [0.2, 0.25) is 0 Å². The van der Waals surface area contributed by atoms with Crippen LogP contribution in [-0.2, 0) is 0 Å². The first-order valence-corrected chi connectivity index (χ1v) is 6.19. The Labute approximate surface area is 124 Å². The molecule has 0 aromatic heterocycles. The summed E-state index contributed by atoms with van der Waals surface area (Å²) in [5, 5.41) is 2.79.